The Morgan fingerprint density at radius 1 is 1.45 bits per heavy atom. The summed E-state index contributed by atoms with van der Waals surface area (Å²) < 4.78 is 5.39. The third-order valence-corrected chi connectivity index (χ3v) is 2.36. The van der Waals surface area contributed by atoms with Crippen molar-refractivity contribution in [1.82, 2.24) is 9.97 Å². The number of rotatable bonds is 8. The molecule has 0 bridgehead atoms. The minimum absolute atomic E-state index is 0.124. The van der Waals surface area contributed by atoms with Crippen molar-refractivity contribution >= 4 is 17.5 Å². The van der Waals surface area contributed by atoms with E-state index in [2.05, 4.69) is 20.7 Å². The summed E-state index contributed by atoms with van der Waals surface area (Å²) in [6.07, 6.45) is 0. The quantitative estimate of drug-likeness (QED) is 0.280. The molecule has 1 aromatic rings. The topological polar surface area (TPSA) is 128 Å². The Bertz CT molecular complexity index is 466. The van der Waals surface area contributed by atoms with Crippen molar-refractivity contribution < 1.29 is 9.66 Å². The molecule has 0 aromatic carbocycles. The standard InChI is InChI=1S/C11H20N6O3/c1-7(2)6-20-5-4-13-10-9(17(18)19)8(3)14-11(15-10)16-12/h7H,4-6,12H2,1-3H3,(H2,13,14,15,16). The van der Waals surface area contributed by atoms with E-state index in [-0.39, 0.29) is 23.1 Å². The summed E-state index contributed by atoms with van der Waals surface area (Å²) in [4.78, 5) is 18.3. The third kappa shape index (κ3) is 4.59. The normalized spacial score (nSPS) is 10.7. The van der Waals surface area contributed by atoms with Gasteiger partial charge in [-0.15, -0.1) is 0 Å². The second kappa shape index (κ2) is 7.56. The molecule has 9 nitrogen and oxygen atoms in total. The first kappa shape index (κ1) is 16.1. The molecule has 1 heterocycles. The van der Waals surface area contributed by atoms with Crippen LogP contribution in [0.4, 0.5) is 17.5 Å². The number of nitrogen functional groups attached to an aromatic ring is 1. The monoisotopic (exact) mass is 284 g/mol. The molecule has 0 spiro atoms. The van der Waals surface area contributed by atoms with Crippen molar-refractivity contribution in [3.8, 4) is 0 Å². The summed E-state index contributed by atoms with van der Waals surface area (Å²) >= 11 is 0. The van der Waals surface area contributed by atoms with E-state index in [9.17, 15) is 10.1 Å². The molecule has 0 aliphatic rings. The predicted molar refractivity (Wildman–Crippen MR) is 75.4 cm³/mol. The second-order valence-electron chi connectivity index (χ2n) is 4.63. The van der Waals surface area contributed by atoms with Crippen LogP contribution in [0.2, 0.25) is 0 Å². The second-order valence-corrected chi connectivity index (χ2v) is 4.63. The smallest absolute Gasteiger partial charge is 0.332 e. The van der Waals surface area contributed by atoms with Gasteiger partial charge in [-0.3, -0.25) is 15.5 Å². The average molecular weight is 284 g/mol. The van der Waals surface area contributed by atoms with E-state index in [4.69, 9.17) is 10.6 Å². The van der Waals surface area contributed by atoms with Crippen molar-refractivity contribution in [2.45, 2.75) is 20.8 Å². The van der Waals surface area contributed by atoms with Crippen molar-refractivity contribution in [3.63, 3.8) is 0 Å². The van der Waals surface area contributed by atoms with Crippen LogP contribution in [0.25, 0.3) is 0 Å². The lowest BCUT2D eigenvalue weighted by atomic mass is 10.2. The minimum atomic E-state index is -0.521. The molecule has 0 radical (unpaired) electrons. The SMILES string of the molecule is Cc1nc(NN)nc(NCCOCC(C)C)c1[N+](=O)[O-]. The number of hydrogen-bond donors (Lipinski definition) is 3. The van der Waals surface area contributed by atoms with Gasteiger partial charge in [0.2, 0.25) is 11.8 Å². The molecule has 9 heteroatoms. The molecule has 0 fully saturated rings. The first-order valence-corrected chi connectivity index (χ1v) is 6.27. The molecule has 0 saturated heterocycles. The summed E-state index contributed by atoms with van der Waals surface area (Å²) in [7, 11) is 0. The molecule has 0 atom stereocenters. The Kier molecular flexibility index (Phi) is 6.07. The number of nitrogens with two attached hydrogens (primary N) is 1. The molecule has 0 unspecified atom stereocenters. The number of anilines is 2. The Hall–Kier alpha value is -2.00. The van der Waals surface area contributed by atoms with Gasteiger partial charge in [0.25, 0.3) is 0 Å². The van der Waals surface area contributed by atoms with E-state index in [1.54, 1.807) is 0 Å². The van der Waals surface area contributed by atoms with E-state index < -0.39 is 4.92 Å². The van der Waals surface area contributed by atoms with Gasteiger partial charge in [-0.25, -0.2) is 10.8 Å². The van der Waals surface area contributed by atoms with Crippen LogP contribution in [-0.4, -0.2) is 34.6 Å². The van der Waals surface area contributed by atoms with Crippen LogP contribution in [-0.2, 0) is 4.74 Å². The highest BCUT2D eigenvalue weighted by molar-refractivity contribution is 5.60. The van der Waals surface area contributed by atoms with Gasteiger partial charge < -0.3 is 10.1 Å². The lowest BCUT2D eigenvalue weighted by Crippen LogP contribution is -2.17. The highest BCUT2D eigenvalue weighted by Gasteiger charge is 2.21. The lowest BCUT2D eigenvalue weighted by molar-refractivity contribution is -0.385. The Morgan fingerprint density at radius 2 is 2.15 bits per heavy atom. The fourth-order valence-electron chi connectivity index (χ4n) is 1.53. The molecule has 20 heavy (non-hydrogen) atoms. The van der Waals surface area contributed by atoms with Crippen LogP contribution in [0.3, 0.4) is 0 Å². The largest absolute Gasteiger partial charge is 0.379 e. The summed E-state index contributed by atoms with van der Waals surface area (Å²) in [5.74, 6) is 5.92. The number of hydrazine groups is 1. The van der Waals surface area contributed by atoms with Gasteiger partial charge in [-0.05, 0) is 12.8 Å². The van der Waals surface area contributed by atoms with Gasteiger partial charge in [0.1, 0.15) is 5.69 Å². The lowest BCUT2D eigenvalue weighted by Gasteiger charge is -2.10. The maximum absolute atomic E-state index is 11.0. The van der Waals surface area contributed by atoms with Gasteiger partial charge in [0.05, 0.1) is 11.5 Å². The van der Waals surface area contributed by atoms with E-state index in [1.165, 1.54) is 6.92 Å². The number of nitro groups is 1. The third-order valence-electron chi connectivity index (χ3n) is 2.36. The number of nitrogens with one attached hydrogen (secondary N) is 2. The van der Waals surface area contributed by atoms with Crippen LogP contribution in [0.5, 0.6) is 0 Å². The zero-order valence-electron chi connectivity index (χ0n) is 11.8. The van der Waals surface area contributed by atoms with Crippen LogP contribution in [0, 0.1) is 23.0 Å². The van der Waals surface area contributed by atoms with E-state index in [0.29, 0.717) is 25.7 Å². The molecule has 4 N–H and O–H groups in total. The Labute approximate surface area is 117 Å². The molecule has 1 rings (SSSR count). The zero-order valence-corrected chi connectivity index (χ0v) is 11.8. The summed E-state index contributed by atoms with van der Waals surface area (Å²) in [6.45, 7) is 7.11. The molecule has 1 aromatic heterocycles. The number of aromatic nitrogens is 2. The van der Waals surface area contributed by atoms with Gasteiger partial charge in [0.15, 0.2) is 0 Å². The molecule has 0 saturated carbocycles. The first-order valence-electron chi connectivity index (χ1n) is 6.27. The van der Waals surface area contributed by atoms with Crippen molar-refractivity contribution in [2.24, 2.45) is 11.8 Å². The maximum Gasteiger partial charge on any atom is 0.332 e. The predicted octanol–water partition coefficient (Wildman–Crippen LogP) is 1.06. The number of nitrogens with zero attached hydrogens (tertiary/aromatic N) is 3. The van der Waals surface area contributed by atoms with Gasteiger partial charge >= 0.3 is 5.69 Å². The fourth-order valence-corrected chi connectivity index (χ4v) is 1.53. The number of ether oxygens (including phenoxy) is 1. The van der Waals surface area contributed by atoms with Gasteiger partial charge in [-0.1, -0.05) is 13.8 Å². The highest BCUT2D eigenvalue weighted by atomic mass is 16.6. The van der Waals surface area contributed by atoms with E-state index in [0.717, 1.165) is 0 Å². The summed E-state index contributed by atoms with van der Waals surface area (Å²) in [5.41, 5.74) is 2.35. The average Bonchev–Trinajstić information content (AvgIpc) is 2.36. The maximum atomic E-state index is 11.0. The molecule has 0 aliphatic carbocycles. The molecule has 112 valence electrons. The van der Waals surface area contributed by atoms with Gasteiger partial charge in [-0.2, -0.15) is 4.98 Å². The number of aryl methyl sites for hydroxylation is 1. The highest BCUT2D eigenvalue weighted by Crippen LogP contribution is 2.25. The van der Waals surface area contributed by atoms with Crippen LogP contribution >= 0.6 is 0 Å². The first-order chi connectivity index (χ1) is 9.45. The van der Waals surface area contributed by atoms with Crippen molar-refractivity contribution in [1.29, 1.82) is 0 Å². The van der Waals surface area contributed by atoms with Crippen LogP contribution in [0.15, 0.2) is 0 Å². The molecular formula is C11H20N6O3. The van der Waals surface area contributed by atoms with Gasteiger partial charge in [0, 0.05) is 13.2 Å². The summed E-state index contributed by atoms with van der Waals surface area (Å²) in [6, 6.07) is 0. The van der Waals surface area contributed by atoms with Crippen LogP contribution < -0.4 is 16.6 Å². The molecular weight excluding hydrogens is 264 g/mol. The van der Waals surface area contributed by atoms with E-state index >= 15 is 0 Å². The number of hydrogen-bond acceptors (Lipinski definition) is 8. The summed E-state index contributed by atoms with van der Waals surface area (Å²) in [5, 5.41) is 13.9. The van der Waals surface area contributed by atoms with E-state index in [1.807, 2.05) is 13.8 Å². The van der Waals surface area contributed by atoms with Crippen molar-refractivity contribution in [3.05, 3.63) is 15.8 Å². The molecule has 0 aliphatic heterocycles. The minimum Gasteiger partial charge on any atom is -0.379 e. The Morgan fingerprint density at radius 3 is 2.70 bits per heavy atom. The van der Waals surface area contributed by atoms with Crippen molar-refractivity contribution in [2.75, 3.05) is 30.5 Å². The zero-order chi connectivity index (χ0) is 15.1. The fraction of sp³-hybridized carbons (Fsp3) is 0.636. The van der Waals surface area contributed by atoms with Crippen LogP contribution in [0.1, 0.15) is 19.5 Å². The Balaban J connectivity index is 2.72. The molecule has 0 amide bonds.